The van der Waals surface area contributed by atoms with Crippen LogP contribution in [0.2, 0.25) is 0 Å². The molecule has 0 aromatic heterocycles. The van der Waals surface area contributed by atoms with E-state index >= 15 is 0 Å². The summed E-state index contributed by atoms with van der Waals surface area (Å²) in [5.41, 5.74) is 11.5. The number of hydrogen-bond donors (Lipinski definition) is 2. The van der Waals surface area contributed by atoms with Gasteiger partial charge in [0.15, 0.2) is 0 Å². The van der Waals surface area contributed by atoms with Crippen molar-refractivity contribution in [3.05, 3.63) is 0 Å². The second-order valence-electron chi connectivity index (χ2n) is 4.08. The van der Waals surface area contributed by atoms with Crippen molar-refractivity contribution in [3.8, 4) is 0 Å². The van der Waals surface area contributed by atoms with Crippen LogP contribution in [-0.2, 0) is 0 Å². The molecule has 0 saturated heterocycles. The Morgan fingerprint density at radius 1 is 0.923 bits per heavy atom. The van der Waals surface area contributed by atoms with Gasteiger partial charge in [0, 0.05) is 12.1 Å². The summed E-state index contributed by atoms with van der Waals surface area (Å²) in [6, 6.07) is 0.349. The lowest BCUT2D eigenvalue weighted by Crippen LogP contribution is -2.38. The molecular weight excluding hydrogens is 160 g/mol. The molecule has 0 spiro atoms. The first kappa shape index (κ1) is 12.9. The van der Waals surface area contributed by atoms with Gasteiger partial charge in [-0.15, -0.1) is 0 Å². The summed E-state index contributed by atoms with van der Waals surface area (Å²) in [6.07, 6.45) is 9.08. The van der Waals surface area contributed by atoms with Crippen LogP contribution in [-0.4, -0.2) is 12.1 Å². The van der Waals surface area contributed by atoms with Crippen molar-refractivity contribution >= 4 is 0 Å². The van der Waals surface area contributed by atoms with E-state index in [1.807, 2.05) is 6.92 Å². The van der Waals surface area contributed by atoms with Crippen molar-refractivity contribution in [1.29, 1.82) is 0 Å². The molecule has 0 aromatic rings. The molecule has 0 fully saturated rings. The monoisotopic (exact) mass is 186 g/mol. The van der Waals surface area contributed by atoms with Gasteiger partial charge in [0.1, 0.15) is 0 Å². The van der Waals surface area contributed by atoms with Crippen molar-refractivity contribution in [1.82, 2.24) is 0 Å². The van der Waals surface area contributed by atoms with E-state index < -0.39 is 0 Å². The summed E-state index contributed by atoms with van der Waals surface area (Å²) >= 11 is 0. The highest BCUT2D eigenvalue weighted by molar-refractivity contribution is 4.70. The molecule has 0 aromatic carbocycles. The second-order valence-corrected chi connectivity index (χ2v) is 4.08. The molecule has 2 heteroatoms. The van der Waals surface area contributed by atoms with Crippen LogP contribution in [0, 0.1) is 0 Å². The van der Waals surface area contributed by atoms with Gasteiger partial charge in [-0.2, -0.15) is 0 Å². The van der Waals surface area contributed by atoms with Gasteiger partial charge >= 0.3 is 0 Å². The van der Waals surface area contributed by atoms with Crippen molar-refractivity contribution in [2.75, 3.05) is 0 Å². The van der Waals surface area contributed by atoms with E-state index in [9.17, 15) is 0 Å². The van der Waals surface area contributed by atoms with Crippen LogP contribution in [0.5, 0.6) is 0 Å². The van der Waals surface area contributed by atoms with Gasteiger partial charge < -0.3 is 11.5 Å². The third kappa shape index (κ3) is 8.26. The van der Waals surface area contributed by atoms with Gasteiger partial charge in [0.2, 0.25) is 0 Å². The molecule has 0 aliphatic carbocycles. The molecule has 0 aliphatic rings. The standard InChI is InChI=1S/C11H26N2/c1-3-4-5-6-7-8-9-11(13)10(2)12/h10-11H,3-9,12-13H2,1-2H3. The molecule has 2 nitrogen and oxygen atoms in total. The van der Waals surface area contributed by atoms with Crippen molar-refractivity contribution in [3.63, 3.8) is 0 Å². The minimum Gasteiger partial charge on any atom is -0.327 e. The van der Waals surface area contributed by atoms with E-state index in [1.165, 1.54) is 38.5 Å². The van der Waals surface area contributed by atoms with Crippen LogP contribution >= 0.6 is 0 Å². The van der Waals surface area contributed by atoms with Crippen LogP contribution in [0.15, 0.2) is 0 Å². The van der Waals surface area contributed by atoms with E-state index in [4.69, 9.17) is 11.5 Å². The Hall–Kier alpha value is -0.0800. The fourth-order valence-electron chi connectivity index (χ4n) is 1.42. The molecular formula is C11H26N2. The summed E-state index contributed by atoms with van der Waals surface area (Å²) < 4.78 is 0. The molecule has 0 aliphatic heterocycles. The van der Waals surface area contributed by atoms with Gasteiger partial charge in [-0.1, -0.05) is 45.4 Å². The molecule has 2 unspecified atom stereocenters. The van der Waals surface area contributed by atoms with Crippen LogP contribution < -0.4 is 11.5 Å². The Labute approximate surface area is 83.1 Å². The maximum absolute atomic E-state index is 5.83. The number of rotatable bonds is 8. The first-order chi connectivity index (χ1) is 6.18. The molecule has 0 amide bonds. The smallest absolute Gasteiger partial charge is 0.0189 e. The molecule has 13 heavy (non-hydrogen) atoms. The molecule has 0 heterocycles. The Morgan fingerprint density at radius 3 is 2.00 bits per heavy atom. The van der Waals surface area contributed by atoms with Crippen LogP contribution in [0.3, 0.4) is 0 Å². The lowest BCUT2D eigenvalue weighted by molar-refractivity contribution is 0.485. The first-order valence-electron chi connectivity index (χ1n) is 5.69. The van der Waals surface area contributed by atoms with Gasteiger partial charge in [-0.05, 0) is 13.3 Å². The summed E-state index contributed by atoms with van der Waals surface area (Å²) in [7, 11) is 0. The highest BCUT2D eigenvalue weighted by Gasteiger charge is 2.06. The van der Waals surface area contributed by atoms with Crippen molar-refractivity contribution in [2.45, 2.75) is 70.9 Å². The van der Waals surface area contributed by atoms with Crippen LogP contribution in [0.25, 0.3) is 0 Å². The van der Waals surface area contributed by atoms with Crippen LogP contribution in [0.1, 0.15) is 58.8 Å². The van der Waals surface area contributed by atoms with Gasteiger partial charge in [-0.25, -0.2) is 0 Å². The van der Waals surface area contributed by atoms with Crippen molar-refractivity contribution in [2.24, 2.45) is 11.5 Å². The molecule has 80 valence electrons. The summed E-state index contributed by atoms with van der Waals surface area (Å²) in [6.45, 7) is 4.23. The zero-order valence-corrected chi connectivity index (χ0v) is 9.26. The van der Waals surface area contributed by atoms with Crippen molar-refractivity contribution < 1.29 is 0 Å². The Kier molecular flexibility index (Phi) is 8.46. The predicted octanol–water partition coefficient (Wildman–Crippen LogP) is 2.41. The Morgan fingerprint density at radius 2 is 1.46 bits per heavy atom. The van der Waals surface area contributed by atoms with Gasteiger partial charge in [0.25, 0.3) is 0 Å². The number of unbranched alkanes of at least 4 members (excludes halogenated alkanes) is 5. The molecule has 2 atom stereocenters. The van der Waals surface area contributed by atoms with Crippen LogP contribution in [0.4, 0.5) is 0 Å². The zero-order chi connectivity index (χ0) is 10.1. The lowest BCUT2D eigenvalue weighted by Gasteiger charge is -2.14. The average molecular weight is 186 g/mol. The largest absolute Gasteiger partial charge is 0.327 e. The maximum atomic E-state index is 5.83. The van der Waals surface area contributed by atoms with Gasteiger partial charge in [-0.3, -0.25) is 0 Å². The van der Waals surface area contributed by atoms with E-state index in [2.05, 4.69) is 6.92 Å². The Balaban J connectivity index is 3.07. The third-order valence-corrected chi connectivity index (χ3v) is 2.57. The zero-order valence-electron chi connectivity index (χ0n) is 9.26. The van der Waals surface area contributed by atoms with E-state index in [1.54, 1.807) is 0 Å². The normalized spacial score (nSPS) is 15.7. The minimum atomic E-state index is 0.149. The highest BCUT2D eigenvalue weighted by Crippen LogP contribution is 2.08. The Bertz CT molecular complexity index is 102. The fourth-order valence-corrected chi connectivity index (χ4v) is 1.42. The number of nitrogens with two attached hydrogens (primary N) is 2. The predicted molar refractivity (Wildman–Crippen MR) is 59.6 cm³/mol. The van der Waals surface area contributed by atoms with E-state index in [-0.39, 0.29) is 12.1 Å². The quantitative estimate of drug-likeness (QED) is 0.572. The topological polar surface area (TPSA) is 52.0 Å². The van der Waals surface area contributed by atoms with E-state index in [0.717, 1.165) is 6.42 Å². The average Bonchev–Trinajstić information content (AvgIpc) is 2.10. The lowest BCUT2D eigenvalue weighted by atomic mass is 10.0. The molecule has 0 saturated carbocycles. The molecule has 0 rings (SSSR count). The fraction of sp³-hybridized carbons (Fsp3) is 1.00. The summed E-state index contributed by atoms with van der Waals surface area (Å²) in [4.78, 5) is 0. The van der Waals surface area contributed by atoms with Gasteiger partial charge in [0.05, 0.1) is 0 Å². The summed E-state index contributed by atoms with van der Waals surface area (Å²) in [5, 5.41) is 0. The molecule has 0 radical (unpaired) electrons. The van der Waals surface area contributed by atoms with E-state index in [0.29, 0.717) is 0 Å². The SMILES string of the molecule is CCCCCCCCC(N)C(C)N. The minimum absolute atomic E-state index is 0.149. The highest BCUT2D eigenvalue weighted by atomic mass is 14.8. The third-order valence-electron chi connectivity index (χ3n) is 2.57. The maximum Gasteiger partial charge on any atom is 0.0189 e. The first-order valence-corrected chi connectivity index (χ1v) is 5.69. The summed E-state index contributed by atoms with van der Waals surface area (Å²) in [5.74, 6) is 0. The molecule has 0 bridgehead atoms. The number of hydrogen-bond acceptors (Lipinski definition) is 2. The second kappa shape index (κ2) is 8.52. The molecule has 4 N–H and O–H groups in total.